The van der Waals surface area contributed by atoms with Crippen LogP contribution in [0.3, 0.4) is 0 Å². The quantitative estimate of drug-likeness (QED) is 0.797. The van der Waals surface area contributed by atoms with E-state index in [2.05, 4.69) is 0 Å². The third kappa shape index (κ3) is 2.48. The Morgan fingerprint density at radius 2 is 1.71 bits per heavy atom. The van der Waals surface area contributed by atoms with E-state index in [1.54, 1.807) is 12.1 Å². The van der Waals surface area contributed by atoms with Crippen molar-refractivity contribution in [1.82, 2.24) is 0 Å². The second-order valence-electron chi connectivity index (χ2n) is 3.62. The van der Waals surface area contributed by atoms with Crippen molar-refractivity contribution < 1.29 is 9.59 Å². The zero-order chi connectivity index (χ0) is 12.4. The number of rotatable bonds is 3. The van der Waals surface area contributed by atoms with Crippen LogP contribution in [0.25, 0.3) is 10.8 Å². The molecule has 0 aliphatic rings. The summed E-state index contributed by atoms with van der Waals surface area (Å²) in [7, 11) is 0. The van der Waals surface area contributed by atoms with Gasteiger partial charge in [0.05, 0.1) is 0 Å². The predicted octanol–water partition coefficient (Wildman–Crippen LogP) is 3.53. The summed E-state index contributed by atoms with van der Waals surface area (Å²) in [5.41, 5.74) is 0.919. The van der Waals surface area contributed by atoms with Crippen molar-refractivity contribution in [3.8, 4) is 0 Å². The molecule has 0 amide bonds. The summed E-state index contributed by atoms with van der Waals surface area (Å²) >= 11 is 10.9. The molecule has 0 N–H and O–H groups in total. The van der Waals surface area contributed by atoms with Gasteiger partial charge in [0.25, 0.3) is 5.24 Å². The van der Waals surface area contributed by atoms with Gasteiger partial charge in [0, 0.05) is 12.0 Å². The first-order valence-corrected chi connectivity index (χ1v) is 5.74. The van der Waals surface area contributed by atoms with Crippen molar-refractivity contribution >= 4 is 44.5 Å². The van der Waals surface area contributed by atoms with Crippen LogP contribution in [-0.2, 0) is 11.2 Å². The zero-order valence-electron chi connectivity index (χ0n) is 8.74. The minimum absolute atomic E-state index is 0.00327. The topological polar surface area (TPSA) is 34.1 Å². The van der Waals surface area contributed by atoms with Crippen LogP contribution >= 0.6 is 23.2 Å². The van der Waals surface area contributed by atoms with Crippen LogP contribution in [0.1, 0.15) is 15.9 Å². The van der Waals surface area contributed by atoms with Crippen molar-refractivity contribution in [3.05, 3.63) is 47.5 Å². The summed E-state index contributed by atoms with van der Waals surface area (Å²) in [6, 6.07) is 10.9. The van der Waals surface area contributed by atoms with E-state index < -0.39 is 10.5 Å². The molecule has 0 aliphatic heterocycles. The maximum Gasteiger partial charge on any atom is 0.252 e. The fourth-order valence-electron chi connectivity index (χ4n) is 1.85. The molecule has 0 atom stereocenters. The first-order chi connectivity index (χ1) is 8.09. The van der Waals surface area contributed by atoms with Crippen LogP contribution in [-0.4, -0.2) is 10.5 Å². The highest BCUT2D eigenvalue weighted by atomic mass is 35.5. The Hall–Kier alpha value is -1.38. The fourth-order valence-corrected chi connectivity index (χ4v) is 2.16. The summed E-state index contributed by atoms with van der Waals surface area (Å²) in [6.07, 6.45) is -0.00327. The second kappa shape index (κ2) is 4.86. The van der Waals surface area contributed by atoms with Crippen molar-refractivity contribution in [2.24, 2.45) is 0 Å². The highest BCUT2D eigenvalue weighted by Gasteiger charge is 2.14. The van der Waals surface area contributed by atoms with Crippen LogP contribution in [0.2, 0.25) is 0 Å². The van der Waals surface area contributed by atoms with Gasteiger partial charge in [-0.3, -0.25) is 9.59 Å². The Morgan fingerprint density at radius 1 is 1.00 bits per heavy atom. The molecule has 0 aromatic heterocycles. The molecule has 0 saturated heterocycles. The average Bonchev–Trinajstić information content (AvgIpc) is 2.28. The van der Waals surface area contributed by atoms with Crippen molar-refractivity contribution in [2.45, 2.75) is 6.42 Å². The highest BCUT2D eigenvalue weighted by Crippen LogP contribution is 2.24. The molecule has 17 heavy (non-hydrogen) atoms. The van der Waals surface area contributed by atoms with Gasteiger partial charge in [-0.05, 0) is 45.6 Å². The normalized spacial score (nSPS) is 10.5. The molecule has 0 bridgehead atoms. The molecule has 86 valence electrons. The van der Waals surface area contributed by atoms with Crippen molar-refractivity contribution in [1.29, 1.82) is 0 Å². The number of fused-ring (bicyclic) bond motifs is 1. The van der Waals surface area contributed by atoms with E-state index in [1.165, 1.54) is 0 Å². The van der Waals surface area contributed by atoms with Gasteiger partial charge in [-0.25, -0.2) is 0 Å². The summed E-state index contributed by atoms with van der Waals surface area (Å²) in [6.45, 7) is 0. The number of carbonyl (C=O) groups is 2. The molecule has 2 nitrogen and oxygen atoms in total. The lowest BCUT2D eigenvalue weighted by Crippen LogP contribution is -2.03. The Kier molecular flexibility index (Phi) is 3.46. The van der Waals surface area contributed by atoms with E-state index in [0.29, 0.717) is 11.1 Å². The molecular weight excluding hydrogens is 259 g/mol. The first kappa shape index (κ1) is 12.1. The van der Waals surface area contributed by atoms with Gasteiger partial charge >= 0.3 is 0 Å². The predicted molar refractivity (Wildman–Crippen MR) is 68.7 cm³/mol. The molecule has 0 aliphatic carbocycles. The Bertz CT molecular complexity index is 605. The van der Waals surface area contributed by atoms with Crippen LogP contribution in [0, 0.1) is 0 Å². The first-order valence-electron chi connectivity index (χ1n) is 4.98. The Balaban J connectivity index is 2.74. The minimum Gasteiger partial charge on any atom is -0.281 e. The Morgan fingerprint density at radius 3 is 2.35 bits per heavy atom. The molecule has 2 aromatic rings. The zero-order valence-corrected chi connectivity index (χ0v) is 10.3. The number of benzene rings is 2. The lowest BCUT2D eigenvalue weighted by molar-refractivity contribution is -0.111. The maximum absolute atomic E-state index is 11.3. The van der Waals surface area contributed by atoms with Gasteiger partial charge in [0.15, 0.2) is 0 Å². The van der Waals surface area contributed by atoms with Gasteiger partial charge in [0.1, 0.15) is 0 Å². The summed E-state index contributed by atoms with van der Waals surface area (Å²) in [4.78, 5) is 22.3. The lowest BCUT2D eigenvalue weighted by atomic mass is 9.97. The molecular formula is C13H8Cl2O2. The SMILES string of the molecule is O=C(Cl)Cc1c(C(=O)Cl)ccc2ccccc12. The van der Waals surface area contributed by atoms with Gasteiger partial charge in [0.2, 0.25) is 5.24 Å². The second-order valence-corrected chi connectivity index (χ2v) is 4.38. The van der Waals surface area contributed by atoms with Crippen LogP contribution in [0.4, 0.5) is 0 Å². The van der Waals surface area contributed by atoms with Gasteiger partial charge in [-0.1, -0.05) is 30.3 Å². The van der Waals surface area contributed by atoms with Crippen LogP contribution in [0.5, 0.6) is 0 Å². The molecule has 0 spiro atoms. The van der Waals surface area contributed by atoms with Crippen LogP contribution < -0.4 is 0 Å². The largest absolute Gasteiger partial charge is 0.281 e. The van der Waals surface area contributed by atoms with Gasteiger partial charge in [-0.2, -0.15) is 0 Å². The summed E-state index contributed by atoms with van der Waals surface area (Å²) in [5, 5.41) is 0.680. The monoisotopic (exact) mass is 266 g/mol. The van der Waals surface area contributed by atoms with Crippen molar-refractivity contribution in [2.75, 3.05) is 0 Å². The lowest BCUT2D eigenvalue weighted by Gasteiger charge is -2.08. The molecule has 4 heteroatoms. The number of carbonyl (C=O) groups excluding carboxylic acids is 2. The third-order valence-electron chi connectivity index (χ3n) is 2.57. The molecule has 0 unspecified atom stereocenters. The molecule has 0 heterocycles. The molecule has 0 fully saturated rings. The van der Waals surface area contributed by atoms with E-state index in [1.807, 2.05) is 24.3 Å². The van der Waals surface area contributed by atoms with E-state index >= 15 is 0 Å². The molecule has 2 aromatic carbocycles. The fraction of sp³-hybridized carbons (Fsp3) is 0.0769. The standard InChI is InChI=1S/C13H8Cl2O2/c14-12(16)7-11-9-4-2-1-3-8(9)5-6-10(11)13(15)17/h1-6H,7H2. The van der Waals surface area contributed by atoms with Crippen LogP contribution in [0.15, 0.2) is 36.4 Å². The van der Waals surface area contributed by atoms with E-state index in [0.717, 1.165) is 10.8 Å². The highest BCUT2D eigenvalue weighted by molar-refractivity contribution is 6.68. The third-order valence-corrected chi connectivity index (χ3v) is 2.91. The maximum atomic E-state index is 11.3. The van der Waals surface area contributed by atoms with Gasteiger partial charge < -0.3 is 0 Å². The van der Waals surface area contributed by atoms with E-state index in [9.17, 15) is 9.59 Å². The summed E-state index contributed by atoms with van der Waals surface area (Å²) in [5.74, 6) is 0. The molecule has 2 rings (SSSR count). The van der Waals surface area contributed by atoms with Gasteiger partial charge in [-0.15, -0.1) is 0 Å². The van der Waals surface area contributed by atoms with E-state index in [-0.39, 0.29) is 6.42 Å². The number of hydrogen-bond acceptors (Lipinski definition) is 2. The number of halogens is 2. The van der Waals surface area contributed by atoms with E-state index in [4.69, 9.17) is 23.2 Å². The molecule has 0 radical (unpaired) electrons. The molecule has 0 saturated carbocycles. The summed E-state index contributed by atoms with van der Waals surface area (Å²) < 4.78 is 0. The van der Waals surface area contributed by atoms with Crippen molar-refractivity contribution in [3.63, 3.8) is 0 Å². The minimum atomic E-state index is -0.580. The number of hydrogen-bond donors (Lipinski definition) is 0. The smallest absolute Gasteiger partial charge is 0.252 e. The Labute approximate surface area is 108 Å². The average molecular weight is 267 g/mol.